The molecule has 30 heavy (non-hydrogen) atoms. The Morgan fingerprint density at radius 1 is 1.20 bits per heavy atom. The number of halogens is 4. The molecule has 1 unspecified atom stereocenters. The highest BCUT2D eigenvalue weighted by atomic mass is 35.5. The van der Waals surface area contributed by atoms with Crippen molar-refractivity contribution >= 4 is 23.2 Å². The Labute approximate surface area is 182 Å². The van der Waals surface area contributed by atoms with Crippen LogP contribution in [0.15, 0.2) is 49.1 Å². The van der Waals surface area contributed by atoms with Gasteiger partial charge in [0.2, 0.25) is 0 Å². The summed E-state index contributed by atoms with van der Waals surface area (Å²) in [4.78, 5) is 5.55. The van der Waals surface area contributed by atoms with E-state index < -0.39 is 17.2 Å². The Morgan fingerprint density at radius 3 is 2.53 bits per heavy atom. The van der Waals surface area contributed by atoms with Crippen LogP contribution in [0.3, 0.4) is 0 Å². The second kappa shape index (κ2) is 9.54. The maximum absolute atomic E-state index is 14.6. The Hall–Kier alpha value is -2.50. The Bertz CT molecular complexity index is 1040. The van der Waals surface area contributed by atoms with Gasteiger partial charge in [-0.1, -0.05) is 41.3 Å². The third kappa shape index (κ3) is 5.15. The number of nitrogens with zero attached hydrogens (tertiary/aromatic N) is 4. The molecule has 0 radical (unpaired) electrons. The fourth-order valence-corrected chi connectivity index (χ4v) is 3.76. The lowest BCUT2D eigenvalue weighted by Gasteiger charge is -2.34. The molecular weight excluding hydrogens is 433 g/mol. The van der Waals surface area contributed by atoms with Crippen molar-refractivity contribution in [2.45, 2.75) is 18.7 Å². The van der Waals surface area contributed by atoms with Crippen molar-refractivity contribution < 1.29 is 13.9 Å². The molecule has 0 aliphatic heterocycles. The molecule has 0 saturated carbocycles. The lowest BCUT2D eigenvalue weighted by atomic mass is 9.92. The van der Waals surface area contributed by atoms with Gasteiger partial charge in [-0.25, -0.2) is 18.4 Å². The summed E-state index contributed by atoms with van der Waals surface area (Å²) < 4.78 is 29.4. The summed E-state index contributed by atoms with van der Waals surface area (Å²) in [6.07, 6.45) is 8.20. The molecule has 3 aromatic rings. The van der Waals surface area contributed by atoms with E-state index >= 15 is 0 Å². The second-order valence-corrected chi connectivity index (χ2v) is 7.61. The lowest BCUT2D eigenvalue weighted by Crippen LogP contribution is -2.44. The van der Waals surface area contributed by atoms with Crippen LogP contribution in [0, 0.1) is 24.0 Å². The van der Waals surface area contributed by atoms with Crippen LogP contribution in [0.4, 0.5) is 8.78 Å². The van der Waals surface area contributed by atoms with Gasteiger partial charge in [-0.15, -0.1) is 6.42 Å². The molecule has 1 aromatic heterocycles. The fraction of sp³-hybridized carbons (Fsp3) is 0.238. The fourth-order valence-electron chi connectivity index (χ4n) is 3.24. The summed E-state index contributed by atoms with van der Waals surface area (Å²) in [6, 6.07) is 8.11. The van der Waals surface area contributed by atoms with E-state index in [9.17, 15) is 13.9 Å². The van der Waals surface area contributed by atoms with Crippen LogP contribution in [-0.2, 0) is 18.7 Å². The summed E-state index contributed by atoms with van der Waals surface area (Å²) in [7, 11) is 0. The van der Waals surface area contributed by atoms with E-state index in [0.29, 0.717) is 15.6 Å². The summed E-state index contributed by atoms with van der Waals surface area (Å²) in [5.41, 5.74) is -1.26. The first-order chi connectivity index (χ1) is 14.3. The largest absolute Gasteiger partial charge is 0.382 e. The van der Waals surface area contributed by atoms with Crippen LogP contribution in [-0.4, -0.2) is 37.9 Å². The monoisotopic (exact) mass is 450 g/mol. The zero-order valence-electron chi connectivity index (χ0n) is 15.8. The quantitative estimate of drug-likeness (QED) is 0.529. The van der Waals surface area contributed by atoms with Gasteiger partial charge in [0.1, 0.15) is 29.9 Å². The number of aliphatic hydroxyl groups is 1. The molecule has 0 amide bonds. The zero-order chi connectivity index (χ0) is 21.7. The third-order valence-electron chi connectivity index (χ3n) is 4.57. The van der Waals surface area contributed by atoms with Gasteiger partial charge in [-0.05, 0) is 18.2 Å². The summed E-state index contributed by atoms with van der Waals surface area (Å²) in [6.45, 7) is 0.114. The molecule has 0 spiro atoms. The molecule has 1 atom stereocenters. The smallest absolute Gasteiger partial charge is 0.137 e. The molecule has 0 aliphatic carbocycles. The van der Waals surface area contributed by atoms with Crippen molar-refractivity contribution in [2.75, 3.05) is 13.1 Å². The molecule has 2 aromatic carbocycles. The normalized spacial score (nSPS) is 13.2. The van der Waals surface area contributed by atoms with E-state index in [-0.39, 0.29) is 31.7 Å². The summed E-state index contributed by atoms with van der Waals surface area (Å²) in [5.74, 6) is 0.896. The number of aromatic nitrogens is 3. The predicted molar refractivity (Wildman–Crippen MR) is 111 cm³/mol. The van der Waals surface area contributed by atoms with Gasteiger partial charge in [-0.3, -0.25) is 4.90 Å². The highest BCUT2D eigenvalue weighted by Gasteiger charge is 2.35. The maximum Gasteiger partial charge on any atom is 0.137 e. The molecule has 9 heteroatoms. The van der Waals surface area contributed by atoms with Gasteiger partial charge < -0.3 is 5.11 Å². The number of benzene rings is 2. The molecule has 0 saturated heterocycles. The number of rotatable bonds is 8. The molecule has 1 heterocycles. The molecule has 1 N–H and O–H groups in total. The van der Waals surface area contributed by atoms with Crippen LogP contribution in [0.1, 0.15) is 11.1 Å². The molecule has 0 fully saturated rings. The Kier molecular flexibility index (Phi) is 7.06. The highest BCUT2D eigenvalue weighted by molar-refractivity contribution is 6.35. The minimum absolute atomic E-state index is 0.0910. The van der Waals surface area contributed by atoms with Gasteiger partial charge in [0.15, 0.2) is 0 Å². The molecule has 156 valence electrons. The van der Waals surface area contributed by atoms with Gasteiger partial charge in [0, 0.05) is 40.3 Å². The van der Waals surface area contributed by atoms with Gasteiger partial charge in [0.05, 0.1) is 13.1 Å². The second-order valence-electron chi connectivity index (χ2n) is 6.80. The number of hydrogen-bond donors (Lipinski definition) is 1. The third-order valence-corrected chi connectivity index (χ3v) is 5.27. The SMILES string of the molecule is C#CCN(Cc1c(Cl)cccc1Cl)CC(O)(Cn1cncn1)c1ccc(F)cc1F. The van der Waals surface area contributed by atoms with E-state index in [1.54, 1.807) is 23.1 Å². The standard InChI is InChI=1S/C21H18Cl2F2N4O/c1-2-8-28(10-16-18(22)4-3-5-19(16)23)11-21(30,12-29-14-26-13-27-29)17-7-6-15(24)9-20(17)25/h1,3-7,9,13-14,30H,8,10-12H2. The van der Waals surface area contributed by atoms with Crippen LogP contribution >= 0.6 is 23.2 Å². The minimum atomic E-state index is -1.80. The average molecular weight is 451 g/mol. The predicted octanol–water partition coefficient (Wildman–Crippen LogP) is 3.89. The maximum atomic E-state index is 14.6. The lowest BCUT2D eigenvalue weighted by molar-refractivity contribution is -0.0205. The summed E-state index contributed by atoms with van der Waals surface area (Å²) >= 11 is 12.5. The van der Waals surface area contributed by atoms with Crippen molar-refractivity contribution in [3.63, 3.8) is 0 Å². The van der Waals surface area contributed by atoms with Crippen molar-refractivity contribution in [3.05, 3.63) is 81.9 Å². The topological polar surface area (TPSA) is 54.2 Å². The molecule has 0 aliphatic rings. The van der Waals surface area contributed by atoms with Crippen LogP contribution in [0.2, 0.25) is 10.0 Å². The van der Waals surface area contributed by atoms with Crippen molar-refractivity contribution in [1.82, 2.24) is 19.7 Å². The van der Waals surface area contributed by atoms with Gasteiger partial charge in [0.25, 0.3) is 0 Å². The van der Waals surface area contributed by atoms with Crippen LogP contribution < -0.4 is 0 Å². The van der Waals surface area contributed by atoms with Crippen molar-refractivity contribution in [3.8, 4) is 12.3 Å². The molecule has 3 rings (SSSR count). The molecule has 0 bridgehead atoms. The van der Waals surface area contributed by atoms with E-state index in [1.807, 2.05) is 0 Å². The highest BCUT2D eigenvalue weighted by Crippen LogP contribution is 2.30. The number of hydrogen-bond acceptors (Lipinski definition) is 4. The van der Waals surface area contributed by atoms with E-state index in [1.165, 1.54) is 23.4 Å². The van der Waals surface area contributed by atoms with Crippen molar-refractivity contribution in [1.29, 1.82) is 0 Å². The van der Waals surface area contributed by atoms with E-state index in [4.69, 9.17) is 29.6 Å². The molecule has 5 nitrogen and oxygen atoms in total. The zero-order valence-corrected chi connectivity index (χ0v) is 17.3. The molecular formula is C21H18Cl2F2N4O. The van der Waals surface area contributed by atoms with Crippen LogP contribution in [0.5, 0.6) is 0 Å². The van der Waals surface area contributed by atoms with Crippen LogP contribution in [0.25, 0.3) is 0 Å². The first kappa shape index (κ1) is 22.2. The first-order valence-corrected chi connectivity index (χ1v) is 9.67. The first-order valence-electron chi connectivity index (χ1n) is 8.91. The minimum Gasteiger partial charge on any atom is -0.382 e. The number of terminal acetylenes is 1. The van der Waals surface area contributed by atoms with Gasteiger partial charge >= 0.3 is 0 Å². The Balaban J connectivity index is 1.98. The summed E-state index contributed by atoms with van der Waals surface area (Å²) in [5, 5.41) is 16.4. The van der Waals surface area contributed by atoms with Gasteiger partial charge in [-0.2, -0.15) is 5.10 Å². The van der Waals surface area contributed by atoms with Crippen molar-refractivity contribution in [2.24, 2.45) is 0 Å². The van der Waals surface area contributed by atoms with E-state index in [0.717, 1.165) is 12.1 Å². The van der Waals surface area contributed by atoms with E-state index in [2.05, 4.69) is 16.0 Å². The average Bonchev–Trinajstić information content (AvgIpc) is 3.17. The Morgan fingerprint density at radius 2 is 1.93 bits per heavy atom.